The van der Waals surface area contributed by atoms with Gasteiger partial charge in [0.05, 0.1) is 11.5 Å². The van der Waals surface area contributed by atoms with Crippen LogP contribution in [-0.2, 0) is 28.4 Å². The van der Waals surface area contributed by atoms with Gasteiger partial charge in [0, 0.05) is 38.6 Å². The first-order valence-corrected chi connectivity index (χ1v) is 7.74. The van der Waals surface area contributed by atoms with Crippen LogP contribution in [0.4, 0.5) is 0 Å². The molecule has 0 amide bonds. The predicted molar refractivity (Wildman–Crippen MR) is 74.5 cm³/mol. The van der Waals surface area contributed by atoms with Gasteiger partial charge in [-0.3, -0.25) is 0 Å². The molecule has 0 aliphatic rings. The molecule has 0 saturated heterocycles. The summed E-state index contributed by atoms with van der Waals surface area (Å²) in [5.41, 5.74) is 0.919. The lowest BCUT2D eigenvalue weighted by Gasteiger charge is -2.15. The Kier molecular flexibility index (Phi) is 5.99. The van der Waals surface area contributed by atoms with Crippen molar-refractivity contribution >= 4 is 10.0 Å². The molecule has 2 N–H and O–H groups in total. The number of methoxy groups -OCH3 is 1. The van der Waals surface area contributed by atoms with Crippen molar-refractivity contribution in [2.24, 2.45) is 7.05 Å². The van der Waals surface area contributed by atoms with E-state index in [1.807, 2.05) is 25.6 Å². The Hall–Kier alpha value is -0.890. The Morgan fingerprint density at radius 2 is 2.16 bits per heavy atom. The van der Waals surface area contributed by atoms with Crippen molar-refractivity contribution in [2.45, 2.75) is 30.8 Å². The second kappa shape index (κ2) is 7.04. The van der Waals surface area contributed by atoms with Gasteiger partial charge >= 0.3 is 0 Å². The van der Waals surface area contributed by atoms with E-state index >= 15 is 0 Å². The number of nitrogens with one attached hydrogen (secondary N) is 2. The molecule has 0 bridgehead atoms. The maximum Gasteiger partial charge on any atom is 0.242 e. The first-order chi connectivity index (χ1) is 8.94. The zero-order valence-electron chi connectivity index (χ0n) is 11.9. The summed E-state index contributed by atoms with van der Waals surface area (Å²) in [5, 5.41) is 3.01. The predicted octanol–water partition coefficient (Wildman–Crippen LogP) is 0.448. The Morgan fingerprint density at radius 3 is 2.68 bits per heavy atom. The van der Waals surface area contributed by atoms with E-state index in [1.165, 1.54) is 0 Å². The smallest absolute Gasteiger partial charge is 0.242 e. The van der Waals surface area contributed by atoms with Crippen molar-refractivity contribution in [3.8, 4) is 0 Å². The number of aromatic nitrogens is 1. The lowest BCUT2D eigenvalue weighted by atomic mass is 10.3. The molecule has 1 aromatic heterocycles. The fraction of sp³-hybridized carbons (Fsp3) is 0.667. The summed E-state index contributed by atoms with van der Waals surface area (Å²) in [6, 6.07) is 1.47. The molecule has 0 saturated carbocycles. The fourth-order valence-corrected chi connectivity index (χ4v) is 3.20. The molecule has 19 heavy (non-hydrogen) atoms. The number of hydrogen-bond acceptors (Lipinski definition) is 4. The molecule has 1 heterocycles. The topological polar surface area (TPSA) is 72.4 Å². The van der Waals surface area contributed by atoms with Crippen LogP contribution in [0.25, 0.3) is 0 Å². The summed E-state index contributed by atoms with van der Waals surface area (Å²) in [4.78, 5) is 0.287. The second-order valence-corrected chi connectivity index (χ2v) is 6.20. The van der Waals surface area contributed by atoms with Gasteiger partial charge in [0.15, 0.2) is 0 Å². The SMILES string of the molecule is CCC(COC)NS(=O)(=O)c1cc(CNC)n(C)c1. The highest BCUT2D eigenvalue weighted by Gasteiger charge is 2.21. The lowest BCUT2D eigenvalue weighted by molar-refractivity contribution is 0.173. The van der Waals surface area contributed by atoms with Crippen LogP contribution in [0.3, 0.4) is 0 Å². The minimum absolute atomic E-state index is 0.206. The summed E-state index contributed by atoms with van der Waals surface area (Å²) in [5.74, 6) is 0. The summed E-state index contributed by atoms with van der Waals surface area (Å²) >= 11 is 0. The summed E-state index contributed by atoms with van der Waals surface area (Å²) in [6.45, 7) is 2.91. The summed E-state index contributed by atoms with van der Waals surface area (Å²) in [6.07, 6.45) is 2.30. The number of nitrogens with zero attached hydrogens (tertiary/aromatic N) is 1. The van der Waals surface area contributed by atoms with Crippen molar-refractivity contribution in [3.05, 3.63) is 18.0 Å². The highest BCUT2D eigenvalue weighted by atomic mass is 32.2. The minimum atomic E-state index is -3.49. The van der Waals surface area contributed by atoms with Gasteiger partial charge in [0.1, 0.15) is 0 Å². The van der Waals surface area contributed by atoms with E-state index in [0.29, 0.717) is 19.6 Å². The van der Waals surface area contributed by atoms with Gasteiger partial charge in [-0.05, 0) is 19.5 Å². The molecule has 7 heteroatoms. The standard InChI is InChI=1S/C12H23N3O3S/c1-5-10(9-18-4)14-19(16,17)12-6-11(7-13-2)15(3)8-12/h6,8,10,13-14H,5,7,9H2,1-4H3. The zero-order valence-corrected chi connectivity index (χ0v) is 12.8. The molecule has 1 aromatic rings. The maximum atomic E-state index is 12.2. The van der Waals surface area contributed by atoms with Crippen molar-refractivity contribution in [1.29, 1.82) is 0 Å². The van der Waals surface area contributed by atoms with Gasteiger partial charge < -0.3 is 14.6 Å². The van der Waals surface area contributed by atoms with E-state index in [-0.39, 0.29) is 10.9 Å². The molecular formula is C12H23N3O3S. The van der Waals surface area contributed by atoms with Crippen LogP contribution in [0.2, 0.25) is 0 Å². The quantitative estimate of drug-likeness (QED) is 0.729. The Morgan fingerprint density at radius 1 is 1.47 bits per heavy atom. The van der Waals surface area contributed by atoms with E-state index in [2.05, 4.69) is 10.0 Å². The molecule has 1 atom stereocenters. The molecule has 0 aromatic carbocycles. The molecule has 1 rings (SSSR count). The van der Waals surface area contributed by atoms with Gasteiger partial charge in [0.2, 0.25) is 10.0 Å². The third-order valence-corrected chi connectivity index (χ3v) is 4.42. The maximum absolute atomic E-state index is 12.2. The summed E-state index contributed by atoms with van der Waals surface area (Å²) in [7, 11) is 1.72. The van der Waals surface area contributed by atoms with Crippen molar-refractivity contribution in [3.63, 3.8) is 0 Å². The average molecular weight is 289 g/mol. The van der Waals surface area contributed by atoms with Gasteiger partial charge in [-0.1, -0.05) is 6.92 Å². The van der Waals surface area contributed by atoms with Gasteiger partial charge in [-0.25, -0.2) is 13.1 Å². The van der Waals surface area contributed by atoms with E-state index in [4.69, 9.17) is 4.74 Å². The third-order valence-electron chi connectivity index (χ3n) is 2.93. The average Bonchev–Trinajstić information content (AvgIpc) is 2.72. The highest BCUT2D eigenvalue weighted by Crippen LogP contribution is 2.14. The molecule has 0 radical (unpaired) electrons. The number of sulfonamides is 1. The molecule has 6 nitrogen and oxygen atoms in total. The van der Waals surface area contributed by atoms with E-state index in [9.17, 15) is 8.42 Å². The molecule has 1 unspecified atom stereocenters. The van der Waals surface area contributed by atoms with Crippen molar-refractivity contribution < 1.29 is 13.2 Å². The second-order valence-electron chi connectivity index (χ2n) is 4.49. The molecular weight excluding hydrogens is 266 g/mol. The Labute approximate surface area is 115 Å². The van der Waals surface area contributed by atoms with Gasteiger partial charge in [-0.15, -0.1) is 0 Å². The van der Waals surface area contributed by atoms with Crippen molar-refractivity contribution in [2.75, 3.05) is 20.8 Å². The molecule has 0 aliphatic carbocycles. The number of rotatable bonds is 8. The summed E-state index contributed by atoms with van der Waals surface area (Å²) < 4.78 is 34.0. The highest BCUT2D eigenvalue weighted by molar-refractivity contribution is 7.89. The number of aryl methyl sites for hydroxylation is 1. The van der Waals surface area contributed by atoms with E-state index < -0.39 is 10.0 Å². The van der Waals surface area contributed by atoms with Crippen LogP contribution in [0.1, 0.15) is 19.0 Å². The van der Waals surface area contributed by atoms with E-state index in [0.717, 1.165) is 5.69 Å². The normalized spacial score (nSPS) is 13.7. The van der Waals surface area contributed by atoms with Crippen LogP contribution in [0, 0.1) is 0 Å². The Bertz CT molecular complexity index is 496. The third kappa shape index (κ3) is 4.31. The lowest BCUT2D eigenvalue weighted by Crippen LogP contribution is -2.37. The van der Waals surface area contributed by atoms with Crippen LogP contribution >= 0.6 is 0 Å². The zero-order chi connectivity index (χ0) is 14.5. The van der Waals surface area contributed by atoms with Crippen LogP contribution in [0.15, 0.2) is 17.2 Å². The van der Waals surface area contributed by atoms with Gasteiger partial charge in [0.25, 0.3) is 0 Å². The van der Waals surface area contributed by atoms with Gasteiger partial charge in [-0.2, -0.15) is 0 Å². The molecule has 0 aliphatic heterocycles. The van der Waals surface area contributed by atoms with Crippen LogP contribution in [-0.4, -0.2) is 39.8 Å². The van der Waals surface area contributed by atoms with Crippen LogP contribution in [0.5, 0.6) is 0 Å². The first-order valence-electron chi connectivity index (χ1n) is 6.25. The monoisotopic (exact) mass is 289 g/mol. The van der Waals surface area contributed by atoms with E-state index in [1.54, 1.807) is 19.4 Å². The molecule has 0 spiro atoms. The fourth-order valence-electron chi connectivity index (χ4n) is 1.80. The first kappa shape index (κ1) is 16.2. The molecule has 110 valence electrons. The van der Waals surface area contributed by atoms with Crippen LogP contribution < -0.4 is 10.0 Å². The minimum Gasteiger partial charge on any atom is -0.383 e. The van der Waals surface area contributed by atoms with Crippen molar-refractivity contribution in [1.82, 2.24) is 14.6 Å². The Balaban J connectivity index is 2.90. The number of hydrogen-bond donors (Lipinski definition) is 2. The molecule has 0 fully saturated rings. The number of ether oxygens (including phenoxy) is 1. The largest absolute Gasteiger partial charge is 0.383 e.